The highest BCUT2D eigenvalue weighted by Crippen LogP contribution is 2.33. The second-order valence-corrected chi connectivity index (χ2v) is 9.62. The molecule has 1 aromatic carbocycles. The summed E-state index contributed by atoms with van der Waals surface area (Å²) < 4.78 is 11.8. The highest BCUT2D eigenvalue weighted by Gasteiger charge is 2.37. The highest BCUT2D eigenvalue weighted by atomic mass is 16.5. The molecule has 0 radical (unpaired) electrons. The average Bonchev–Trinajstić information content (AvgIpc) is 3.74. The number of fused-ring (bicyclic) bond motifs is 1. The molecule has 0 spiro atoms. The second kappa shape index (κ2) is 11.0. The molecule has 10 heteroatoms. The van der Waals surface area contributed by atoms with Gasteiger partial charge in [0, 0.05) is 57.2 Å². The molecule has 1 saturated carbocycles. The molecule has 0 bridgehead atoms. The van der Waals surface area contributed by atoms with Crippen LogP contribution in [-0.4, -0.2) is 83.5 Å². The summed E-state index contributed by atoms with van der Waals surface area (Å²) in [5, 5.41) is 2.76. The van der Waals surface area contributed by atoms with Crippen molar-refractivity contribution in [2.45, 2.75) is 38.8 Å². The number of likely N-dealkylation sites (N-methyl/N-ethyl adjacent to an activating group) is 1. The first-order chi connectivity index (χ1) is 17.3. The number of rotatable bonds is 4. The number of amides is 3. The average molecular weight is 496 g/mol. The Balaban J connectivity index is 1.63. The largest absolute Gasteiger partial charge is 0.491 e. The van der Waals surface area contributed by atoms with Crippen molar-refractivity contribution in [2.24, 2.45) is 11.8 Å². The summed E-state index contributed by atoms with van der Waals surface area (Å²) in [7, 11) is 3.33. The van der Waals surface area contributed by atoms with Crippen molar-refractivity contribution in [1.29, 1.82) is 0 Å². The Morgan fingerprint density at radius 1 is 1.17 bits per heavy atom. The van der Waals surface area contributed by atoms with Gasteiger partial charge in [0.1, 0.15) is 18.1 Å². The molecule has 4 rings (SSSR count). The Kier molecular flexibility index (Phi) is 7.83. The van der Waals surface area contributed by atoms with E-state index in [4.69, 9.17) is 9.47 Å². The van der Waals surface area contributed by atoms with Crippen LogP contribution in [0.4, 0.5) is 5.69 Å². The summed E-state index contributed by atoms with van der Waals surface area (Å²) in [6.07, 6.45) is 5.88. The van der Waals surface area contributed by atoms with E-state index in [1.54, 1.807) is 37.3 Å². The van der Waals surface area contributed by atoms with Crippen LogP contribution in [0.5, 0.6) is 5.75 Å². The second-order valence-electron chi connectivity index (χ2n) is 9.62. The van der Waals surface area contributed by atoms with E-state index in [0.29, 0.717) is 30.1 Å². The predicted octanol–water partition coefficient (Wildman–Crippen LogP) is 2.47. The zero-order valence-electron chi connectivity index (χ0n) is 21.1. The number of nitrogens with one attached hydrogen (secondary N) is 1. The van der Waals surface area contributed by atoms with Crippen LogP contribution < -0.4 is 10.1 Å². The van der Waals surface area contributed by atoms with Gasteiger partial charge in [-0.2, -0.15) is 0 Å². The Bertz CT molecular complexity index is 1110. The van der Waals surface area contributed by atoms with E-state index in [1.807, 2.05) is 18.7 Å². The highest BCUT2D eigenvalue weighted by molar-refractivity contribution is 6.04. The quantitative estimate of drug-likeness (QED) is 0.693. The Hall–Kier alpha value is -3.53. The number of benzene rings is 1. The molecule has 3 atom stereocenters. The molecule has 2 heterocycles. The van der Waals surface area contributed by atoms with Gasteiger partial charge in [-0.05, 0) is 38.0 Å². The lowest BCUT2D eigenvalue weighted by Crippen LogP contribution is -2.49. The van der Waals surface area contributed by atoms with Crippen molar-refractivity contribution < 1.29 is 23.9 Å². The van der Waals surface area contributed by atoms with Crippen molar-refractivity contribution in [3.63, 3.8) is 0 Å². The maximum atomic E-state index is 13.5. The van der Waals surface area contributed by atoms with Crippen LogP contribution in [0, 0.1) is 11.8 Å². The van der Waals surface area contributed by atoms with Gasteiger partial charge in [-0.15, -0.1) is 0 Å². The molecule has 1 fully saturated rings. The van der Waals surface area contributed by atoms with Gasteiger partial charge in [0.15, 0.2) is 0 Å². The lowest BCUT2D eigenvalue weighted by molar-refractivity contribution is -0.136. The molecule has 0 saturated heterocycles. The van der Waals surface area contributed by atoms with Crippen LogP contribution in [0.2, 0.25) is 0 Å². The fourth-order valence-electron chi connectivity index (χ4n) is 4.34. The molecule has 36 heavy (non-hydrogen) atoms. The maximum Gasteiger partial charge on any atom is 0.275 e. The Labute approximate surface area is 211 Å². The zero-order valence-corrected chi connectivity index (χ0v) is 21.1. The van der Waals surface area contributed by atoms with E-state index in [-0.39, 0.29) is 48.1 Å². The van der Waals surface area contributed by atoms with E-state index in [0.717, 1.165) is 12.8 Å². The number of nitrogens with zero attached hydrogens (tertiary/aromatic N) is 4. The summed E-state index contributed by atoms with van der Waals surface area (Å²) in [5.74, 6) is -0.0605. The number of methoxy groups -OCH3 is 1. The summed E-state index contributed by atoms with van der Waals surface area (Å²) in [6.45, 7) is 5.10. The first kappa shape index (κ1) is 25.6. The third-order valence-electron chi connectivity index (χ3n) is 6.71. The normalized spacial score (nSPS) is 23.1. The van der Waals surface area contributed by atoms with Gasteiger partial charge < -0.3 is 24.6 Å². The van der Waals surface area contributed by atoms with Gasteiger partial charge in [-0.3, -0.25) is 19.4 Å². The van der Waals surface area contributed by atoms with E-state index >= 15 is 0 Å². The maximum absolute atomic E-state index is 13.5. The molecule has 0 unspecified atom stereocenters. The van der Waals surface area contributed by atoms with E-state index in [9.17, 15) is 14.4 Å². The molecule has 3 amide bonds. The molecular weight excluding hydrogens is 462 g/mol. The van der Waals surface area contributed by atoms with Gasteiger partial charge in [-0.1, -0.05) is 6.92 Å². The number of carbonyl (C=O) groups excluding carboxylic acids is 3. The van der Waals surface area contributed by atoms with Crippen molar-refractivity contribution in [3.05, 3.63) is 48.0 Å². The molecular formula is C26H33N5O5. The molecule has 2 aliphatic rings. The molecule has 1 aromatic heterocycles. The topological polar surface area (TPSA) is 114 Å². The summed E-state index contributed by atoms with van der Waals surface area (Å²) in [5.41, 5.74) is 0.901. The zero-order chi connectivity index (χ0) is 25.8. The molecule has 192 valence electrons. The monoisotopic (exact) mass is 495 g/mol. The molecule has 1 N–H and O–H groups in total. The van der Waals surface area contributed by atoms with E-state index < -0.39 is 5.91 Å². The number of ether oxygens (including phenoxy) is 2. The van der Waals surface area contributed by atoms with Crippen molar-refractivity contribution in [3.8, 4) is 5.75 Å². The predicted molar refractivity (Wildman–Crippen MR) is 133 cm³/mol. The molecule has 10 nitrogen and oxygen atoms in total. The van der Waals surface area contributed by atoms with Gasteiger partial charge in [0.05, 0.1) is 23.9 Å². The smallest absolute Gasteiger partial charge is 0.275 e. The van der Waals surface area contributed by atoms with Gasteiger partial charge in [-0.25, -0.2) is 4.98 Å². The number of anilines is 1. The van der Waals surface area contributed by atoms with Crippen molar-refractivity contribution in [1.82, 2.24) is 19.8 Å². The van der Waals surface area contributed by atoms with Crippen molar-refractivity contribution >= 4 is 23.4 Å². The van der Waals surface area contributed by atoms with Gasteiger partial charge in [0.25, 0.3) is 11.8 Å². The van der Waals surface area contributed by atoms with E-state index in [2.05, 4.69) is 15.3 Å². The first-order valence-electron chi connectivity index (χ1n) is 12.2. The van der Waals surface area contributed by atoms with Gasteiger partial charge >= 0.3 is 0 Å². The van der Waals surface area contributed by atoms with Gasteiger partial charge in [0.2, 0.25) is 5.91 Å². The van der Waals surface area contributed by atoms with Crippen LogP contribution in [0.15, 0.2) is 36.8 Å². The number of aromatic nitrogens is 2. The Morgan fingerprint density at radius 3 is 2.61 bits per heavy atom. The fraction of sp³-hybridized carbons (Fsp3) is 0.500. The summed E-state index contributed by atoms with van der Waals surface area (Å²) in [4.78, 5) is 50.5. The minimum atomic E-state index is -0.436. The van der Waals surface area contributed by atoms with Crippen LogP contribution in [0.1, 0.15) is 47.5 Å². The fourth-order valence-corrected chi connectivity index (χ4v) is 4.34. The molecule has 1 aliphatic heterocycles. The lowest BCUT2D eigenvalue weighted by Gasteiger charge is -2.36. The first-order valence-corrected chi connectivity index (χ1v) is 12.2. The standard InChI is InChI=1S/C26H33N5O5/c1-16-13-31(25(33)18-5-6-18)17(2)15-36-22-8-7-19(29-24(32)21-12-27-9-10-28-21)11-20(22)26(34)30(3)14-23(16)35-4/h7-12,16-18,23H,5-6,13-15H2,1-4H3,(H,29,32)/t16-,17+,23+/m1/s1. The lowest BCUT2D eigenvalue weighted by atomic mass is 10.0. The van der Waals surface area contributed by atoms with Crippen LogP contribution >= 0.6 is 0 Å². The minimum Gasteiger partial charge on any atom is -0.491 e. The van der Waals surface area contributed by atoms with Crippen LogP contribution in [-0.2, 0) is 9.53 Å². The Morgan fingerprint density at radius 2 is 1.94 bits per heavy atom. The van der Waals surface area contributed by atoms with Crippen molar-refractivity contribution in [2.75, 3.05) is 39.2 Å². The minimum absolute atomic E-state index is 0.00639. The van der Waals surface area contributed by atoms with Crippen LogP contribution in [0.25, 0.3) is 0 Å². The van der Waals surface area contributed by atoms with E-state index in [1.165, 1.54) is 18.6 Å². The summed E-state index contributed by atoms with van der Waals surface area (Å²) in [6, 6.07) is 4.74. The third kappa shape index (κ3) is 5.81. The number of carbonyl (C=O) groups is 3. The number of hydrogen-bond acceptors (Lipinski definition) is 7. The SMILES string of the molecule is CO[C@H]1CN(C)C(=O)c2cc(NC(=O)c3cnccn3)ccc2OC[C@H](C)N(C(=O)C2CC2)C[C@H]1C. The third-order valence-corrected chi connectivity index (χ3v) is 6.71. The molecule has 2 aromatic rings. The molecule has 1 aliphatic carbocycles. The number of hydrogen-bond donors (Lipinski definition) is 1. The summed E-state index contributed by atoms with van der Waals surface area (Å²) >= 11 is 0. The van der Waals surface area contributed by atoms with Crippen LogP contribution in [0.3, 0.4) is 0 Å².